The van der Waals surface area contributed by atoms with Crippen molar-refractivity contribution in [2.75, 3.05) is 11.9 Å². The molecule has 13 heavy (non-hydrogen) atoms. The fourth-order valence-corrected chi connectivity index (χ4v) is 0.909. The van der Waals surface area contributed by atoms with Crippen LogP contribution >= 0.6 is 0 Å². The zero-order valence-electron chi connectivity index (χ0n) is 8.20. The summed E-state index contributed by atoms with van der Waals surface area (Å²) in [6.07, 6.45) is 1.68. The molecule has 0 aliphatic heterocycles. The average Bonchev–Trinajstić information content (AvgIpc) is 2.11. The Kier molecular flexibility index (Phi) is 3.19. The Morgan fingerprint density at radius 2 is 2.15 bits per heavy atom. The van der Waals surface area contributed by atoms with Crippen LogP contribution < -0.4 is 5.32 Å². The van der Waals surface area contributed by atoms with Crippen LogP contribution in [0.25, 0.3) is 0 Å². The van der Waals surface area contributed by atoms with E-state index in [0.29, 0.717) is 5.82 Å². The van der Waals surface area contributed by atoms with Crippen molar-refractivity contribution in [3.8, 4) is 0 Å². The number of aryl methyl sites for hydroxylation is 2. The molecule has 0 aliphatic carbocycles. The summed E-state index contributed by atoms with van der Waals surface area (Å²) in [5.41, 5.74) is 1.84. The summed E-state index contributed by atoms with van der Waals surface area (Å²) >= 11 is 0. The molecule has 0 saturated heterocycles. The third-order valence-electron chi connectivity index (χ3n) is 1.86. The van der Waals surface area contributed by atoms with Gasteiger partial charge in [-0.15, -0.1) is 0 Å². The number of nitrogens with zero attached hydrogens (tertiary/aromatic N) is 2. The van der Waals surface area contributed by atoms with Gasteiger partial charge in [-0.05, 0) is 20.8 Å². The first-order valence-corrected chi connectivity index (χ1v) is 4.31. The van der Waals surface area contributed by atoms with Gasteiger partial charge in [-0.25, -0.2) is 4.98 Å². The topological polar surface area (TPSA) is 58.0 Å². The third-order valence-corrected chi connectivity index (χ3v) is 1.86. The number of rotatable bonds is 3. The highest BCUT2D eigenvalue weighted by Crippen LogP contribution is 2.06. The molecule has 1 heterocycles. The summed E-state index contributed by atoms with van der Waals surface area (Å²) < 4.78 is 0. The Morgan fingerprint density at radius 1 is 1.46 bits per heavy atom. The minimum Gasteiger partial charge on any atom is -0.394 e. The van der Waals surface area contributed by atoms with Crippen LogP contribution in [0, 0.1) is 13.8 Å². The molecule has 0 saturated carbocycles. The van der Waals surface area contributed by atoms with Gasteiger partial charge in [0, 0.05) is 6.04 Å². The van der Waals surface area contributed by atoms with Gasteiger partial charge in [0.25, 0.3) is 0 Å². The van der Waals surface area contributed by atoms with Gasteiger partial charge < -0.3 is 10.4 Å². The lowest BCUT2D eigenvalue weighted by Crippen LogP contribution is -2.20. The molecule has 1 rings (SSSR count). The number of aromatic nitrogens is 2. The van der Waals surface area contributed by atoms with E-state index < -0.39 is 0 Å². The van der Waals surface area contributed by atoms with Crippen LogP contribution in [0.3, 0.4) is 0 Å². The number of nitrogens with one attached hydrogen (secondary N) is 1. The molecule has 1 unspecified atom stereocenters. The van der Waals surface area contributed by atoms with Crippen molar-refractivity contribution < 1.29 is 5.11 Å². The minimum atomic E-state index is 0.0106. The van der Waals surface area contributed by atoms with Crippen molar-refractivity contribution >= 4 is 5.82 Å². The average molecular weight is 181 g/mol. The van der Waals surface area contributed by atoms with Gasteiger partial charge in [-0.3, -0.25) is 4.98 Å². The number of anilines is 1. The highest BCUT2D eigenvalue weighted by Gasteiger charge is 2.02. The Labute approximate surface area is 78.0 Å². The first kappa shape index (κ1) is 9.92. The standard InChI is InChI=1S/C9H15N3O/c1-6(5-13)11-9-4-10-7(2)8(3)12-9/h4,6,13H,5H2,1-3H3,(H,11,12). The smallest absolute Gasteiger partial charge is 0.145 e. The third kappa shape index (κ3) is 2.66. The van der Waals surface area contributed by atoms with E-state index in [1.165, 1.54) is 0 Å². The number of aliphatic hydroxyl groups excluding tert-OH is 1. The molecule has 0 fully saturated rings. The maximum Gasteiger partial charge on any atom is 0.145 e. The van der Waals surface area contributed by atoms with E-state index in [9.17, 15) is 0 Å². The van der Waals surface area contributed by atoms with Gasteiger partial charge in [0.1, 0.15) is 5.82 Å². The van der Waals surface area contributed by atoms with Gasteiger partial charge in [-0.2, -0.15) is 0 Å². The second-order valence-electron chi connectivity index (χ2n) is 3.15. The molecule has 2 N–H and O–H groups in total. The first-order valence-electron chi connectivity index (χ1n) is 4.31. The van der Waals surface area contributed by atoms with Crippen LogP contribution in [0.2, 0.25) is 0 Å². The van der Waals surface area contributed by atoms with Gasteiger partial charge in [0.05, 0.1) is 24.2 Å². The van der Waals surface area contributed by atoms with Crippen molar-refractivity contribution in [1.82, 2.24) is 9.97 Å². The van der Waals surface area contributed by atoms with Crippen molar-refractivity contribution in [2.45, 2.75) is 26.8 Å². The molecular formula is C9H15N3O. The van der Waals surface area contributed by atoms with E-state index >= 15 is 0 Å². The molecule has 1 aromatic rings. The Morgan fingerprint density at radius 3 is 2.69 bits per heavy atom. The highest BCUT2D eigenvalue weighted by molar-refractivity contribution is 5.34. The monoisotopic (exact) mass is 181 g/mol. The molecule has 0 aliphatic rings. The van der Waals surface area contributed by atoms with Crippen LogP contribution in [-0.2, 0) is 0 Å². The molecule has 0 bridgehead atoms. The van der Waals surface area contributed by atoms with Crippen molar-refractivity contribution in [3.05, 3.63) is 17.6 Å². The predicted molar refractivity (Wildman–Crippen MR) is 51.7 cm³/mol. The summed E-state index contributed by atoms with van der Waals surface area (Å²) in [5.74, 6) is 0.713. The van der Waals surface area contributed by atoms with Crippen LogP contribution in [-0.4, -0.2) is 27.7 Å². The molecular weight excluding hydrogens is 166 g/mol. The second kappa shape index (κ2) is 4.18. The van der Waals surface area contributed by atoms with E-state index in [4.69, 9.17) is 5.11 Å². The molecule has 0 radical (unpaired) electrons. The van der Waals surface area contributed by atoms with E-state index in [2.05, 4.69) is 15.3 Å². The lowest BCUT2D eigenvalue weighted by atomic mass is 10.3. The van der Waals surface area contributed by atoms with Crippen molar-refractivity contribution in [1.29, 1.82) is 0 Å². The van der Waals surface area contributed by atoms with Crippen LogP contribution in [0.5, 0.6) is 0 Å². The molecule has 1 aromatic heterocycles. The maximum atomic E-state index is 8.81. The Hall–Kier alpha value is -1.16. The Bertz CT molecular complexity index is 288. The summed E-state index contributed by atoms with van der Waals surface area (Å²) in [6, 6.07) is 0.0106. The number of hydrogen-bond acceptors (Lipinski definition) is 4. The van der Waals surface area contributed by atoms with Gasteiger partial charge in [-0.1, -0.05) is 0 Å². The predicted octanol–water partition coefficient (Wildman–Crippen LogP) is 0.886. The maximum absolute atomic E-state index is 8.81. The van der Waals surface area contributed by atoms with Gasteiger partial charge >= 0.3 is 0 Å². The van der Waals surface area contributed by atoms with E-state index in [1.54, 1.807) is 6.20 Å². The Balaban J connectivity index is 2.73. The summed E-state index contributed by atoms with van der Waals surface area (Å²) in [7, 11) is 0. The SMILES string of the molecule is Cc1ncc(NC(C)CO)nc1C. The molecule has 4 nitrogen and oxygen atoms in total. The van der Waals surface area contributed by atoms with E-state index in [0.717, 1.165) is 11.4 Å². The number of hydrogen-bond donors (Lipinski definition) is 2. The van der Waals surface area contributed by atoms with Gasteiger partial charge in [0.15, 0.2) is 0 Å². The first-order chi connectivity index (χ1) is 6.13. The fraction of sp³-hybridized carbons (Fsp3) is 0.556. The molecule has 0 spiro atoms. The summed E-state index contributed by atoms with van der Waals surface area (Å²) in [5, 5.41) is 11.8. The lowest BCUT2D eigenvalue weighted by molar-refractivity contribution is 0.281. The van der Waals surface area contributed by atoms with Crippen LogP contribution in [0.15, 0.2) is 6.20 Å². The van der Waals surface area contributed by atoms with Crippen molar-refractivity contribution in [3.63, 3.8) is 0 Å². The van der Waals surface area contributed by atoms with E-state index in [1.807, 2.05) is 20.8 Å². The molecule has 72 valence electrons. The zero-order chi connectivity index (χ0) is 9.84. The molecule has 4 heteroatoms. The zero-order valence-corrected chi connectivity index (χ0v) is 8.20. The normalized spacial score (nSPS) is 12.6. The summed E-state index contributed by atoms with van der Waals surface area (Å²) in [4.78, 5) is 8.44. The summed E-state index contributed by atoms with van der Waals surface area (Å²) in [6.45, 7) is 5.81. The van der Waals surface area contributed by atoms with Crippen LogP contribution in [0.4, 0.5) is 5.82 Å². The second-order valence-corrected chi connectivity index (χ2v) is 3.15. The number of aliphatic hydroxyl groups is 1. The van der Waals surface area contributed by atoms with Crippen LogP contribution in [0.1, 0.15) is 18.3 Å². The molecule has 0 amide bonds. The molecule has 1 atom stereocenters. The quantitative estimate of drug-likeness (QED) is 0.727. The van der Waals surface area contributed by atoms with Gasteiger partial charge in [0.2, 0.25) is 0 Å². The highest BCUT2D eigenvalue weighted by atomic mass is 16.3. The molecule has 0 aromatic carbocycles. The lowest BCUT2D eigenvalue weighted by Gasteiger charge is -2.11. The van der Waals surface area contributed by atoms with E-state index in [-0.39, 0.29) is 12.6 Å². The van der Waals surface area contributed by atoms with Crippen molar-refractivity contribution in [2.24, 2.45) is 0 Å². The minimum absolute atomic E-state index is 0.0106. The largest absolute Gasteiger partial charge is 0.394 e. The fourth-order valence-electron chi connectivity index (χ4n) is 0.909.